The number of anilines is 2. The molecule has 0 aliphatic heterocycles. The van der Waals surface area contributed by atoms with Crippen LogP contribution in [0.3, 0.4) is 0 Å². The first-order valence-electron chi connectivity index (χ1n) is 5.95. The van der Waals surface area contributed by atoms with Gasteiger partial charge in [0.2, 0.25) is 0 Å². The van der Waals surface area contributed by atoms with Crippen LogP contribution >= 0.6 is 11.6 Å². The maximum absolute atomic E-state index is 11.8. The fraction of sp³-hybridized carbons (Fsp3) is 0.133. The second-order valence-corrected chi connectivity index (χ2v) is 4.82. The van der Waals surface area contributed by atoms with E-state index in [1.54, 1.807) is 24.3 Å². The molecule has 0 saturated carbocycles. The molecule has 0 atom stereocenters. The number of carbonyl (C=O) groups is 1. The molecule has 98 valence electrons. The molecule has 0 aromatic heterocycles. The predicted octanol–water partition coefficient (Wildman–Crippen LogP) is 4.60. The van der Waals surface area contributed by atoms with Gasteiger partial charge in [-0.05, 0) is 61.4 Å². The standard InChI is InChI=1S/C15H15ClN2O/c1-10-3-6-14(9-11(10)2)18-15(19)17-13-7-4-12(16)5-8-13/h3-9H,1-2H3,(H2,17,18,19). The Morgan fingerprint density at radius 3 is 2.11 bits per heavy atom. The van der Waals surface area contributed by atoms with E-state index in [0.29, 0.717) is 10.7 Å². The van der Waals surface area contributed by atoms with Gasteiger partial charge in [0, 0.05) is 16.4 Å². The van der Waals surface area contributed by atoms with E-state index in [2.05, 4.69) is 10.6 Å². The quantitative estimate of drug-likeness (QED) is 0.825. The highest BCUT2D eigenvalue weighted by Gasteiger charge is 2.03. The molecule has 0 fully saturated rings. The summed E-state index contributed by atoms with van der Waals surface area (Å²) in [6, 6.07) is 12.5. The minimum atomic E-state index is -0.273. The van der Waals surface area contributed by atoms with Crippen LogP contribution < -0.4 is 10.6 Å². The summed E-state index contributed by atoms with van der Waals surface area (Å²) in [5.74, 6) is 0. The molecular formula is C15H15ClN2O. The van der Waals surface area contributed by atoms with E-state index in [4.69, 9.17) is 11.6 Å². The van der Waals surface area contributed by atoms with Crippen molar-refractivity contribution in [3.05, 3.63) is 58.6 Å². The van der Waals surface area contributed by atoms with Crippen LogP contribution in [0.4, 0.5) is 16.2 Å². The molecule has 0 radical (unpaired) electrons. The molecular weight excluding hydrogens is 260 g/mol. The molecule has 0 spiro atoms. The Balaban J connectivity index is 2.01. The number of hydrogen-bond donors (Lipinski definition) is 2. The van der Waals surface area contributed by atoms with Crippen LogP contribution in [-0.2, 0) is 0 Å². The van der Waals surface area contributed by atoms with Crippen molar-refractivity contribution in [3.63, 3.8) is 0 Å². The third-order valence-electron chi connectivity index (χ3n) is 2.87. The van der Waals surface area contributed by atoms with Gasteiger partial charge in [-0.1, -0.05) is 17.7 Å². The lowest BCUT2D eigenvalue weighted by Gasteiger charge is -2.09. The normalized spacial score (nSPS) is 10.1. The number of benzene rings is 2. The van der Waals surface area contributed by atoms with Crippen LogP contribution in [0.1, 0.15) is 11.1 Å². The first-order valence-corrected chi connectivity index (χ1v) is 6.33. The fourth-order valence-corrected chi connectivity index (χ4v) is 1.77. The highest BCUT2D eigenvalue weighted by atomic mass is 35.5. The Labute approximate surface area is 117 Å². The lowest BCUT2D eigenvalue weighted by Crippen LogP contribution is -2.19. The SMILES string of the molecule is Cc1ccc(NC(=O)Nc2ccc(Cl)cc2)cc1C. The molecule has 2 rings (SSSR count). The number of carbonyl (C=O) groups excluding carboxylic acids is 1. The maximum Gasteiger partial charge on any atom is 0.323 e. The van der Waals surface area contributed by atoms with E-state index < -0.39 is 0 Å². The number of rotatable bonds is 2. The van der Waals surface area contributed by atoms with E-state index in [1.165, 1.54) is 5.56 Å². The molecule has 0 aliphatic carbocycles. The summed E-state index contributed by atoms with van der Waals surface area (Å²) >= 11 is 5.78. The maximum atomic E-state index is 11.8. The van der Waals surface area contributed by atoms with E-state index in [9.17, 15) is 4.79 Å². The third kappa shape index (κ3) is 3.73. The van der Waals surface area contributed by atoms with Gasteiger partial charge >= 0.3 is 6.03 Å². The summed E-state index contributed by atoms with van der Waals surface area (Å²) in [6.07, 6.45) is 0. The Kier molecular flexibility index (Phi) is 4.07. The molecule has 0 bridgehead atoms. The van der Waals surface area contributed by atoms with Crippen LogP contribution in [0.5, 0.6) is 0 Å². The summed E-state index contributed by atoms with van der Waals surface area (Å²) in [5, 5.41) is 6.17. The number of hydrogen-bond acceptors (Lipinski definition) is 1. The lowest BCUT2D eigenvalue weighted by molar-refractivity contribution is 0.262. The van der Waals surface area contributed by atoms with Crippen molar-refractivity contribution in [2.24, 2.45) is 0 Å². The van der Waals surface area contributed by atoms with Gasteiger partial charge in [-0.25, -0.2) is 4.79 Å². The largest absolute Gasteiger partial charge is 0.323 e. The third-order valence-corrected chi connectivity index (χ3v) is 3.12. The Bertz CT molecular complexity index is 594. The van der Waals surface area contributed by atoms with Gasteiger partial charge < -0.3 is 10.6 Å². The summed E-state index contributed by atoms with van der Waals surface area (Å²) in [4.78, 5) is 11.8. The van der Waals surface area contributed by atoms with Gasteiger partial charge in [-0.3, -0.25) is 0 Å². The van der Waals surface area contributed by atoms with Crippen LogP contribution in [0.25, 0.3) is 0 Å². The first kappa shape index (κ1) is 13.4. The number of nitrogens with one attached hydrogen (secondary N) is 2. The molecule has 2 aromatic rings. The van der Waals surface area contributed by atoms with Gasteiger partial charge in [-0.15, -0.1) is 0 Å². The molecule has 0 unspecified atom stereocenters. The van der Waals surface area contributed by atoms with Crippen LogP contribution in [-0.4, -0.2) is 6.03 Å². The highest BCUT2D eigenvalue weighted by molar-refractivity contribution is 6.30. The van der Waals surface area contributed by atoms with E-state index in [0.717, 1.165) is 11.3 Å². The van der Waals surface area contributed by atoms with Crippen molar-refractivity contribution < 1.29 is 4.79 Å². The summed E-state index contributed by atoms with van der Waals surface area (Å²) in [7, 11) is 0. The summed E-state index contributed by atoms with van der Waals surface area (Å²) in [6.45, 7) is 4.05. The average Bonchev–Trinajstić information content (AvgIpc) is 2.37. The smallest absolute Gasteiger partial charge is 0.308 e. The molecule has 2 amide bonds. The van der Waals surface area contributed by atoms with Crippen molar-refractivity contribution in [1.82, 2.24) is 0 Å². The van der Waals surface area contributed by atoms with Gasteiger partial charge in [0.15, 0.2) is 0 Å². The number of amides is 2. The number of aryl methyl sites for hydroxylation is 2. The van der Waals surface area contributed by atoms with Crippen LogP contribution in [0.15, 0.2) is 42.5 Å². The molecule has 2 N–H and O–H groups in total. The molecule has 2 aromatic carbocycles. The average molecular weight is 275 g/mol. The summed E-state index contributed by atoms with van der Waals surface area (Å²) in [5.41, 5.74) is 3.81. The lowest BCUT2D eigenvalue weighted by atomic mass is 10.1. The number of halogens is 1. The zero-order chi connectivity index (χ0) is 13.8. The van der Waals surface area contributed by atoms with E-state index in [-0.39, 0.29) is 6.03 Å². The Hall–Kier alpha value is -2.00. The molecule has 0 heterocycles. The molecule has 19 heavy (non-hydrogen) atoms. The minimum Gasteiger partial charge on any atom is -0.308 e. The van der Waals surface area contributed by atoms with E-state index >= 15 is 0 Å². The Morgan fingerprint density at radius 1 is 0.895 bits per heavy atom. The fourth-order valence-electron chi connectivity index (χ4n) is 1.65. The molecule has 0 saturated heterocycles. The second kappa shape index (κ2) is 5.76. The van der Waals surface area contributed by atoms with Gasteiger partial charge in [0.05, 0.1) is 0 Å². The van der Waals surface area contributed by atoms with Crippen molar-refractivity contribution in [2.75, 3.05) is 10.6 Å². The first-order chi connectivity index (χ1) is 9.04. The number of urea groups is 1. The van der Waals surface area contributed by atoms with Crippen molar-refractivity contribution >= 4 is 29.0 Å². The minimum absolute atomic E-state index is 0.273. The van der Waals surface area contributed by atoms with Crippen LogP contribution in [0, 0.1) is 13.8 Å². The molecule has 4 heteroatoms. The van der Waals surface area contributed by atoms with E-state index in [1.807, 2.05) is 32.0 Å². The zero-order valence-electron chi connectivity index (χ0n) is 10.8. The van der Waals surface area contributed by atoms with Crippen molar-refractivity contribution in [3.8, 4) is 0 Å². The highest BCUT2D eigenvalue weighted by Crippen LogP contribution is 2.16. The topological polar surface area (TPSA) is 41.1 Å². The van der Waals surface area contributed by atoms with Crippen molar-refractivity contribution in [2.45, 2.75) is 13.8 Å². The van der Waals surface area contributed by atoms with Crippen LogP contribution in [0.2, 0.25) is 5.02 Å². The predicted molar refractivity (Wildman–Crippen MR) is 80.0 cm³/mol. The summed E-state index contributed by atoms with van der Waals surface area (Å²) < 4.78 is 0. The van der Waals surface area contributed by atoms with Gasteiger partial charge in [0.25, 0.3) is 0 Å². The monoisotopic (exact) mass is 274 g/mol. The van der Waals surface area contributed by atoms with Gasteiger partial charge in [0.1, 0.15) is 0 Å². The van der Waals surface area contributed by atoms with Gasteiger partial charge in [-0.2, -0.15) is 0 Å². The molecule has 0 aliphatic rings. The molecule has 3 nitrogen and oxygen atoms in total. The van der Waals surface area contributed by atoms with Crippen molar-refractivity contribution in [1.29, 1.82) is 0 Å². The second-order valence-electron chi connectivity index (χ2n) is 4.39. The zero-order valence-corrected chi connectivity index (χ0v) is 11.6. The Morgan fingerprint density at radius 2 is 1.47 bits per heavy atom.